The summed E-state index contributed by atoms with van der Waals surface area (Å²) in [6.07, 6.45) is 9.70. The van der Waals surface area contributed by atoms with Gasteiger partial charge in [-0.25, -0.2) is 0 Å². The van der Waals surface area contributed by atoms with Crippen molar-refractivity contribution in [3.63, 3.8) is 0 Å². The molecule has 0 bridgehead atoms. The highest BCUT2D eigenvalue weighted by Crippen LogP contribution is 2.41. The van der Waals surface area contributed by atoms with Gasteiger partial charge in [0.25, 0.3) is 0 Å². The molecule has 160 valence electrons. The van der Waals surface area contributed by atoms with E-state index in [1.165, 1.54) is 19.3 Å². The zero-order valence-electron chi connectivity index (χ0n) is 18.9. The molecule has 0 radical (unpaired) electrons. The van der Waals surface area contributed by atoms with Crippen molar-refractivity contribution in [2.24, 2.45) is 5.41 Å². The van der Waals surface area contributed by atoms with Crippen LogP contribution >= 0.6 is 0 Å². The first kappa shape index (κ1) is 21.8. The number of unbranched alkanes of at least 4 members (excludes halogenated alkanes) is 3. The zero-order valence-corrected chi connectivity index (χ0v) is 18.9. The molecular formula is C24H37N3O2. The summed E-state index contributed by atoms with van der Waals surface area (Å²) in [5.74, 6) is 0.245. The molecule has 3 rings (SSSR count). The summed E-state index contributed by atoms with van der Waals surface area (Å²) in [5, 5.41) is 4.98. The van der Waals surface area contributed by atoms with E-state index in [1.807, 2.05) is 18.7 Å². The minimum Gasteiger partial charge on any atom is -0.330 e. The summed E-state index contributed by atoms with van der Waals surface area (Å²) in [6, 6.07) is -0.0751. The number of rotatable bonds is 7. The molecule has 1 amide bonds. The van der Waals surface area contributed by atoms with E-state index in [1.54, 1.807) is 6.08 Å². The second-order valence-electron chi connectivity index (χ2n) is 9.84. The lowest BCUT2D eigenvalue weighted by molar-refractivity contribution is -0.127. The molecule has 1 saturated heterocycles. The van der Waals surface area contributed by atoms with Gasteiger partial charge in [0.1, 0.15) is 0 Å². The monoisotopic (exact) mass is 399 g/mol. The second kappa shape index (κ2) is 8.85. The maximum atomic E-state index is 13.2. The number of aromatic nitrogens is 2. The molecule has 0 N–H and O–H groups in total. The van der Waals surface area contributed by atoms with Gasteiger partial charge in [0.2, 0.25) is 5.91 Å². The smallest absolute Gasteiger partial charge is 0.247 e. The third-order valence-electron chi connectivity index (χ3n) is 6.14. The van der Waals surface area contributed by atoms with E-state index in [0.717, 1.165) is 61.3 Å². The molecule has 2 heterocycles. The Bertz CT molecular complexity index is 799. The molecule has 1 atom stereocenters. The van der Waals surface area contributed by atoms with Crippen LogP contribution in [0.15, 0.2) is 11.6 Å². The molecule has 5 nitrogen and oxygen atoms in total. The van der Waals surface area contributed by atoms with Crippen LogP contribution in [0.25, 0.3) is 0 Å². The number of hydrogen-bond acceptors (Lipinski definition) is 3. The van der Waals surface area contributed by atoms with Crippen molar-refractivity contribution in [3.05, 3.63) is 28.6 Å². The van der Waals surface area contributed by atoms with Crippen LogP contribution in [0.2, 0.25) is 0 Å². The number of fused-ring (bicyclic) bond motifs is 1. The van der Waals surface area contributed by atoms with Crippen LogP contribution in [0, 0.1) is 5.41 Å². The molecule has 1 fully saturated rings. The maximum Gasteiger partial charge on any atom is 0.247 e. The van der Waals surface area contributed by atoms with Crippen molar-refractivity contribution in [1.29, 1.82) is 0 Å². The quantitative estimate of drug-likeness (QED) is 0.465. The number of carbonyl (C=O) groups is 2. The molecule has 5 heteroatoms. The van der Waals surface area contributed by atoms with Gasteiger partial charge < -0.3 is 4.90 Å². The topological polar surface area (TPSA) is 55.2 Å². The van der Waals surface area contributed by atoms with Gasteiger partial charge in [-0.2, -0.15) is 5.10 Å². The number of hydrogen-bond donors (Lipinski definition) is 0. The maximum absolute atomic E-state index is 13.2. The van der Waals surface area contributed by atoms with Crippen molar-refractivity contribution in [2.75, 3.05) is 6.54 Å². The van der Waals surface area contributed by atoms with E-state index in [-0.39, 0.29) is 23.1 Å². The number of ketones is 1. The Balaban J connectivity index is 1.96. The van der Waals surface area contributed by atoms with E-state index < -0.39 is 0 Å². The molecule has 1 aliphatic heterocycles. The van der Waals surface area contributed by atoms with Crippen molar-refractivity contribution < 1.29 is 9.59 Å². The third kappa shape index (κ3) is 4.81. The van der Waals surface area contributed by atoms with E-state index in [0.29, 0.717) is 6.42 Å². The van der Waals surface area contributed by atoms with Crippen molar-refractivity contribution in [2.45, 2.75) is 98.6 Å². The number of amides is 1. The lowest BCUT2D eigenvalue weighted by atomic mass is 9.75. The standard InChI is InChI=1S/C24H37N3O2/c1-6-7-8-9-13-27-19-15-24(4,5)16-20(28)22(19)23(25-27)18-11-10-12-26(18)21(29)14-17(2)3/h14,18H,6-13,15-16H2,1-5H3/t18-/m1/s1. The molecule has 0 aromatic carbocycles. The lowest BCUT2D eigenvalue weighted by Crippen LogP contribution is -2.32. The van der Waals surface area contributed by atoms with E-state index in [2.05, 4.69) is 25.5 Å². The Morgan fingerprint density at radius 3 is 2.66 bits per heavy atom. The number of allylic oxidation sites excluding steroid dienone is 1. The molecule has 0 saturated carbocycles. The Labute approximate surface area is 175 Å². The average molecular weight is 400 g/mol. The summed E-state index contributed by atoms with van der Waals surface area (Å²) < 4.78 is 2.10. The summed E-state index contributed by atoms with van der Waals surface area (Å²) in [5.41, 5.74) is 3.74. The highest BCUT2D eigenvalue weighted by atomic mass is 16.2. The molecule has 2 aliphatic rings. The fourth-order valence-corrected chi connectivity index (χ4v) is 4.79. The van der Waals surface area contributed by atoms with Crippen LogP contribution in [0.5, 0.6) is 0 Å². The third-order valence-corrected chi connectivity index (χ3v) is 6.14. The fraction of sp³-hybridized carbons (Fsp3) is 0.708. The van der Waals surface area contributed by atoms with Gasteiger partial charge >= 0.3 is 0 Å². The number of likely N-dealkylation sites (tertiary alicyclic amines) is 1. The average Bonchev–Trinajstić information content (AvgIpc) is 3.22. The number of carbonyl (C=O) groups excluding carboxylic acids is 2. The summed E-state index contributed by atoms with van der Waals surface area (Å²) in [7, 11) is 0. The molecule has 1 aromatic heterocycles. The first-order valence-electron chi connectivity index (χ1n) is 11.3. The Hall–Kier alpha value is -1.91. The van der Waals surface area contributed by atoms with Gasteiger partial charge in [-0.3, -0.25) is 14.3 Å². The number of aryl methyl sites for hydroxylation is 1. The van der Waals surface area contributed by atoms with Gasteiger partial charge in [-0.1, -0.05) is 45.6 Å². The normalized spacial score (nSPS) is 20.7. The van der Waals surface area contributed by atoms with E-state index in [4.69, 9.17) is 5.10 Å². The lowest BCUT2D eigenvalue weighted by Gasteiger charge is -2.30. The molecule has 0 spiro atoms. The predicted octanol–water partition coefficient (Wildman–Crippen LogP) is 5.25. The van der Waals surface area contributed by atoms with Gasteiger partial charge in [-0.15, -0.1) is 0 Å². The minimum absolute atomic E-state index is 0.0319. The number of nitrogens with zero attached hydrogens (tertiary/aromatic N) is 3. The van der Waals surface area contributed by atoms with Crippen LogP contribution in [0.1, 0.15) is 107 Å². The first-order chi connectivity index (χ1) is 13.7. The molecule has 29 heavy (non-hydrogen) atoms. The van der Waals surface area contributed by atoms with Crippen LogP contribution in [-0.4, -0.2) is 32.9 Å². The zero-order chi connectivity index (χ0) is 21.2. The largest absolute Gasteiger partial charge is 0.330 e. The highest BCUT2D eigenvalue weighted by Gasteiger charge is 2.41. The summed E-state index contributed by atoms with van der Waals surface area (Å²) in [4.78, 5) is 27.8. The summed E-state index contributed by atoms with van der Waals surface area (Å²) >= 11 is 0. The van der Waals surface area contributed by atoms with Gasteiger partial charge in [0.15, 0.2) is 5.78 Å². The Morgan fingerprint density at radius 2 is 1.97 bits per heavy atom. The predicted molar refractivity (Wildman–Crippen MR) is 116 cm³/mol. The van der Waals surface area contributed by atoms with Crippen LogP contribution in [-0.2, 0) is 17.8 Å². The Kier molecular flexibility index (Phi) is 6.65. The van der Waals surface area contributed by atoms with E-state index >= 15 is 0 Å². The molecule has 0 unspecified atom stereocenters. The van der Waals surface area contributed by atoms with Crippen molar-refractivity contribution in [1.82, 2.24) is 14.7 Å². The first-order valence-corrected chi connectivity index (χ1v) is 11.3. The van der Waals surface area contributed by atoms with Gasteiger partial charge in [0, 0.05) is 25.6 Å². The van der Waals surface area contributed by atoms with Crippen LogP contribution < -0.4 is 0 Å². The fourth-order valence-electron chi connectivity index (χ4n) is 4.79. The van der Waals surface area contributed by atoms with Gasteiger partial charge in [0.05, 0.1) is 23.0 Å². The minimum atomic E-state index is -0.0751. The van der Waals surface area contributed by atoms with E-state index in [9.17, 15) is 9.59 Å². The van der Waals surface area contributed by atoms with Crippen molar-refractivity contribution >= 4 is 11.7 Å². The molecule has 1 aromatic rings. The highest BCUT2D eigenvalue weighted by molar-refractivity contribution is 6.00. The van der Waals surface area contributed by atoms with Crippen LogP contribution in [0.4, 0.5) is 0 Å². The second-order valence-corrected chi connectivity index (χ2v) is 9.84. The summed E-state index contributed by atoms with van der Waals surface area (Å²) in [6.45, 7) is 12.0. The van der Waals surface area contributed by atoms with Crippen LogP contribution in [0.3, 0.4) is 0 Å². The SMILES string of the molecule is CCCCCCn1nc([C@H]2CCCN2C(=O)C=C(C)C)c2c1CC(C)(C)CC2=O. The van der Waals surface area contributed by atoms with Crippen molar-refractivity contribution in [3.8, 4) is 0 Å². The Morgan fingerprint density at radius 1 is 1.21 bits per heavy atom. The molecule has 1 aliphatic carbocycles. The number of Topliss-reactive ketones (excluding diaryl/α,β-unsaturated/α-hetero) is 1. The molecular weight excluding hydrogens is 362 g/mol. The van der Waals surface area contributed by atoms with Gasteiger partial charge in [-0.05, 0) is 44.9 Å².